The molecule has 0 aliphatic carbocycles. The minimum absolute atomic E-state index is 0.0571. The fourth-order valence-electron chi connectivity index (χ4n) is 1.61. The molecule has 0 atom stereocenters. The third-order valence-corrected chi connectivity index (χ3v) is 3.50. The molecule has 0 saturated heterocycles. The molecule has 0 saturated carbocycles. The van der Waals surface area contributed by atoms with Gasteiger partial charge in [-0.2, -0.15) is 4.37 Å². The number of hydrogen-bond acceptors (Lipinski definition) is 5. The number of anilines is 1. The first kappa shape index (κ1) is 15.9. The Bertz CT molecular complexity index is 424. The summed E-state index contributed by atoms with van der Waals surface area (Å²) < 4.78 is 4.41. The van der Waals surface area contributed by atoms with E-state index in [9.17, 15) is 4.79 Å². The van der Waals surface area contributed by atoms with E-state index in [-0.39, 0.29) is 17.9 Å². The number of aliphatic carboxylic acids is 1. The van der Waals surface area contributed by atoms with Gasteiger partial charge >= 0.3 is 5.97 Å². The molecule has 0 bridgehead atoms. The van der Waals surface area contributed by atoms with Gasteiger partial charge in [0.25, 0.3) is 0 Å². The quantitative estimate of drug-likeness (QED) is 0.870. The molecule has 0 unspecified atom stereocenters. The first-order chi connectivity index (χ1) is 8.71. The summed E-state index contributed by atoms with van der Waals surface area (Å²) in [5, 5.41) is 9.58. The smallest absolute Gasteiger partial charge is 0.303 e. The Kier molecular flexibility index (Phi) is 5.29. The topological polar surface area (TPSA) is 66.3 Å². The van der Waals surface area contributed by atoms with E-state index in [4.69, 9.17) is 5.11 Å². The van der Waals surface area contributed by atoms with Gasteiger partial charge in [0.2, 0.25) is 5.13 Å². The fourth-order valence-corrected chi connectivity index (χ4v) is 2.63. The number of carbonyl (C=O) groups is 1. The summed E-state index contributed by atoms with van der Waals surface area (Å²) in [5.41, 5.74) is -0.0571. The van der Waals surface area contributed by atoms with Crippen molar-refractivity contribution in [2.24, 2.45) is 0 Å². The summed E-state index contributed by atoms with van der Waals surface area (Å²) in [6, 6.07) is 0.287. The molecule has 6 heteroatoms. The van der Waals surface area contributed by atoms with Crippen molar-refractivity contribution in [3.8, 4) is 0 Å². The van der Waals surface area contributed by atoms with Crippen molar-refractivity contribution in [1.29, 1.82) is 0 Å². The van der Waals surface area contributed by atoms with Crippen molar-refractivity contribution >= 4 is 22.6 Å². The highest BCUT2D eigenvalue weighted by Crippen LogP contribution is 2.26. The summed E-state index contributed by atoms with van der Waals surface area (Å²) in [4.78, 5) is 17.3. The van der Waals surface area contributed by atoms with Crippen LogP contribution in [0.3, 0.4) is 0 Å². The van der Waals surface area contributed by atoms with E-state index in [0.717, 1.165) is 11.0 Å². The zero-order valence-corrected chi connectivity index (χ0v) is 13.1. The standard InChI is InChI=1S/C13H23N3O2S/c1-9(2)16(8-6-7-10(17)18)12-14-11(15-19-12)13(3,4)5/h9H,6-8H2,1-5H3,(H,17,18). The first-order valence-electron chi connectivity index (χ1n) is 6.54. The van der Waals surface area contributed by atoms with E-state index in [1.165, 1.54) is 11.5 Å². The van der Waals surface area contributed by atoms with Crippen molar-refractivity contribution in [1.82, 2.24) is 9.36 Å². The predicted molar refractivity (Wildman–Crippen MR) is 78.0 cm³/mol. The molecule has 0 aliphatic rings. The van der Waals surface area contributed by atoms with E-state index in [2.05, 4.69) is 48.9 Å². The van der Waals surface area contributed by atoms with Crippen LogP contribution in [0.2, 0.25) is 0 Å². The summed E-state index contributed by atoms with van der Waals surface area (Å²) in [6.07, 6.45) is 0.812. The SMILES string of the molecule is CC(C)N(CCCC(=O)O)c1nc(C(C)(C)C)ns1. The van der Waals surface area contributed by atoms with Crippen LogP contribution in [0, 0.1) is 0 Å². The number of rotatable bonds is 6. The number of carboxylic acids is 1. The van der Waals surface area contributed by atoms with Crippen LogP contribution in [0.5, 0.6) is 0 Å². The summed E-state index contributed by atoms with van der Waals surface area (Å²) >= 11 is 1.39. The zero-order chi connectivity index (χ0) is 14.6. The molecule has 1 rings (SSSR count). The van der Waals surface area contributed by atoms with Crippen molar-refractivity contribution in [3.63, 3.8) is 0 Å². The molecular formula is C13H23N3O2S. The van der Waals surface area contributed by atoms with Crippen LogP contribution < -0.4 is 4.90 Å². The molecule has 0 amide bonds. The third-order valence-electron chi connectivity index (χ3n) is 2.74. The molecule has 1 aromatic heterocycles. The van der Waals surface area contributed by atoms with Gasteiger partial charge in [-0.1, -0.05) is 20.8 Å². The highest BCUT2D eigenvalue weighted by atomic mass is 32.1. The van der Waals surface area contributed by atoms with E-state index in [0.29, 0.717) is 13.0 Å². The van der Waals surface area contributed by atoms with Crippen LogP contribution in [0.25, 0.3) is 0 Å². The second kappa shape index (κ2) is 6.32. The maximum atomic E-state index is 10.6. The van der Waals surface area contributed by atoms with Gasteiger partial charge in [0.1, 0.15) is 5.82 Å². The average molecular weight is 285 g/mol. The average Bonchev–Trinajstić information content (AvgIpc) is 2.71. The molecule has 0 spiro atoms. The van der Waals surface area contributed by atoms with E-state index in [1.807, 2.05) is 0 Å². The Morgan fingerprint density at radius 3 is 2.47 bits per heavy atom. The second-order valence-electron chi connectivity index (χ2n) is 5.93. The zero-order valence-electron chi connectivity index (χ0n) is 12.3. The number of hydrogen-bond donors (Lipinski definition) is 1. The van der Waals surface area contributed by atoms with Crippen LogP contribution in [0.4, 0.5) is 5.13 Å². The van der Waals surface area contributed by atoms with E-state index < -0.39 is 5.97 Å². The number of aromatic nitrogens is 2. The molecule has 1 heterocycles. The van der Waals surface area contributed by atoms with Gasteiger partial charge in [0.15, 0.2) is 0 Å². The Morgan fingerprint density at radius 2 is 2.05 bits per heavy atom. The van der Waals surface area contributed by atoms with Crippen LogP contribution in [-0.4, -0.2) is 33.0 Å². The highest BCUT2D eigenvalue weighted by Gasteiger charge is 2.22. The highest BCUT2D eigenvalue weighted by molar-refractivity contribution is 7.09. The molecule has 0 fully saturated rings. The predicted octanol–water partition coefficient (Wildman–Crippen LogP) is 2.92. The lowest BCUT2D eigenvalue weighted by Gasteiger charge is -2.25. The van der Waals surface area contributed by atoms with Crippen molar-refractivity contribution in [2.45, 2.75) is 58.9 Å². The minimum Gasteiger partial charge on any atom is -0.481 e. The van der Waals surface area contributed by atoms with Gasteiger partial charge in [0.05, 0.1) is 0 Å². The summed E-state index contributed by atoms with van der Waals surface area (Å²) in [6.45, 7) is 11.1. The summed E-state index contributed by atoms with van der Waals surface area (Å²) in [5.74, 6) is 0.0905. The number of nitrogens with zero attached hydrogens (tertiary/aromatic N) is 3. The largest absolute Gasteiger partial charge is 0.481 e. The van der Waals surface area contributed by atoms with Gasteiger partial charge in [-0.25, -0.2) is 4.98 Å². The maximum Gasteiger partial charge on any atom is 0.303 e. The molecule has 1 N–H and O–H groups in total. The van der Waals surface area contributed by atoms with E-state index in [1.54, 1.807) is 0 Å². The van der Waals surface area contributed by atoms with Crippen molar-refractivity contribution in [2.75, 3.05) is 11.4 Å². The number of carboxylic acid groups (broad SMARTS) is 1. The first-order valence-corrected chi connectivity index (χ1v) is 7.31. The van der Waals surface area contributed by atoms with Crippen LogP contribution >= 0.6 is 11.5 Å². The molecule has 108 valence electrons. The lowest BCUT2D eigenvalue weighted by Crippen LogP contribution is -2.32. The third kappa shape index (κ3) is 4.78. The molecule has 0 radical (unpaired) electrons. The molecule has 0 aromatic carbocycles. The Balaban J connectivity index is 2.76. The van der Waals surface area contributed by atoms with Gasteiger partial charge in [0, 0.05) is 36.0 Å². The van der Waals surface area contributed by atoms with Crippen LogP contribution in [-0.2, 0) is 10.2 Å². The normalized spacial score (nSPS) is 11.9. The van der Waals surface area contributed by atoms with Gasteiger partial charge in [-0.05, 0) is 20.3 Å². The molecule has 1 aromatic rings. The molecule has 0 aliphatic heterocycles. The Labute approximate surface area is 118 Å². The Hall–Kier alpha value is -1.17. The monoisotopic (exact) mass is 285 g/mol. The fraction of sp³-hybridized carbons (Fsp3) is 0.769. The lowest BCUT2D eigenvalue weighted by atomic mass is 9.96. The van der Waals surface area contributed by atoms with Gasteiger partial charge in [-0.15, -0.1) is 0 Å². The van der Waals surface area contributed by atoms with Crippen LogP contribution in [0.15, 0.2) is 0 Å². The maximum absolute atomic E-state index is 10.6. The van der Waals surface area contributed by atoms with Gasteiger partial charge in [-0.3, -0.25) is 4.79 Å². The molecule has 19 heavy (non-hydrogen) atoms. The summed E-state index contributed by atoms with van der Waals surface area (Å²) in [7, 11) is 0. The molecular weight excluding hydrogens is 262 g/mol. The van der Waals surface area contributed by atoms with E-state index >= 15 is 0 Å². The van der Waals surface area contributed by atoms with Crippen LogP contribution in [0.1, 0.15) is 53.3 Å². The van der Waals surface area contributed by atoms with Crippen molar-refractivity contribution in [3.05, 3.63) is 5.82 Å². The van der Waals surface area contributed by atoms with Crippen molar-refractivity contribution < 1.29 is 9.90 Å². The minimum atomic E-state index is -0.753. The lowest BCUT2D eigenvalue weighted by molar-refractivity contribution is -0.137. The Morgan fingerprint density at radius 1 is 1.42 bits per heavy atom. The molecule has 5 nitrogen and oxygen atoms in total. The second-order valence-corrected chi connectivity index (χ2v) is 6.67. The van der Waals surface area contributed by atoms with Gasteiger partial charge < -0.3 is 10.0 Å².